The SMILES string of the molecule is CCOCCCNS(=O)(=O)c1ccc(C2=C3C=CC(=[N+](CC)CC)C=C3OC3C=C(N(CC)CC)C=CC23)c(SOOO)c1. The van der Waals surface area contributed by atoms with Crippen molar-refractivity contribution in [2.75, 3.05) is 45.9 Å². The van der Waals surface area contributed by atoms with Crippen molar-refractivity contribution >= 4 is 33.4 Å². The third kappa shape index (κ3) is 7.74. The molecular formula is C32H44N3O7S2+. The van der Waals surface area contributed by atoms with Crippen LogP contribution in [0, 0.1) is 5.92 Å². The molecule has 2 unspecified atom stereocenters. The van der Waals surface area contributed by atoms with Crippen LogP contribution in [-0.2, 0) is 28.9 Å². The van der Waals surface area contributed by atoms with Gasteiger partial charge in [-0.1, -0.05) is 17.2 Å². The highest BCUT2D eigenvalue weighted by Crippen LogP contribution is 2.47. The summed E-state index contributed by atoms with van der Waals surface area (Å²) in [5.41, 5.74) is 4.78. The molecule has 1 aliphatic heterocycles. The van der Waals surface area contributed by atoms with E-state index in [0.29, 0.717) is 24.5 Å². The van der Waals surface area contributed by atoms with Crippen molar-refractivity contribution in [1.29, 1.82) is 0 Å². The molecule has 2 atom stereocenters. The Labute approximate surface area is 265 Å². The van der Waals surface area contributed by atoms with E-state index in [4.69, 9.17) is 19.1 Å². The van der Waals surface area contributed by atoms with Crippen molar-refractivity contribution in [3.05, 3.63) is 77.2 Å². The van der Waals surface area contributed by atoms with E-state index in [1.54, 1.807) is 12.1 Å². The van der Waals surface area contributed by atoms with Gasteiger partial charge < -0.3 is 14.4 Å². The average Bonchev–Trinajstić information content (AvgIpc) is 3.03. The molecule has 2 N–H and O–H groups in total. The van der Waals surface area contributed by atoms with Crippen molar-refractivity contribution in [3.8, 4) is 0 Å². The van der Waals surface area contributed by atoms with Gasteiger partial charge in [0.1, 0.15) is 25.0 Å². The summed E-state index contributed by atoms with van der Waals surface area (Å²) >= 11 is 0.746. The van der Waals surface area contributed by atoms with E-state index in [1.807, 2.05) is 6.92 Å². The zero-order valence-corrected chi connectivity index (χ0v) is 27.7. The lowest BCUT2D eigenvalue weighted by atomic mass is 9.78. The van der Waals surface area contributed by atoms with Gasteiger partial charge in [0.05, 0.1) is 23.0 Å². The van der Waals surface area contributed by atoms with Crippen molar-refractivity contribution in [3.63, 3.8) is 0 Å². The zero-order valence-electron chi connectivity index (χ0n) is 26.1. The first kappa shape index (κ1) is 34.2. The molecule has 0 bridgehead atoms. The van der Waals surface area contributed by atoms with E-state index in [9.17, 15) is 8.42 Å². The number of hydrogen-bond acceptors (Lipinski definition) is 9. The summed E-state index contributed by atoms with van der Waals surface area (Å²) in [7, 11) is -3.82. The van der Waals surface area contributed by atoms with Crippen molar-refractivity contribution in [2.24, 2.45) is 5.92 Å². The maximum Gasteiger partial charge on any atom is 0.240 e. The van der Waals surface area contributed by atoms with Crippen LogP contribution in [0.5, 0.6) is 0 Å². The number of hydrogen-bond donors (Lipinski definition) is 2. The highest BCUT2D eigenvalue weighted by molar-refractivity contribution is 7.94. The molecule has 2 aliphatic carbocycles. The molecule has 0 radical (unpaired) electrons. The van der Waals surface area contributed by atoms with Crippen LogP contribution in [0.25, 0.3) is 5.57 Å². The topological polar surface area (TPSA) is 110 Å². The third-order valence-corrected chi connectivity index (χ3v) is 10.0. The van der Waals surface area contributed by atoms with Gasteiger partial charge in [-0.05, 0) is 82.5 Å². The first-order chi connectivity index (χ1) is 21.3. The number of allylic oxidation sites excluding steroid dienone is 4. The van der Waals surface area contributed by atoms with Gasteiger partial charge in [-0.2, -0.15) is 0 Å². The molecule has 10 nitrogen and oxygen atoms in total. The Morgan fingerprint density at radius 2 is 1.86 bits per heavy atom. The second-order valence-electron chi connectivity index (χ2n) is 10.3. The lowest BCUT2D eigenvalue weighted by Gasteiger charge is -2.38. The summed E-state index contributed by atoms with van der Waals surface area (Å²) in [5, 5.41) is 12.9. The van der Waals surface area contributed by atoms with Gasteiger partial charge in [0, 0.05) is 61.0 Å². The minimum absolute atomic E-state index is 0.0749. The quantitative estimate of drug-likeness (QED) is 0.0810. The molecule has 0 saturated heterocycles. The van der Waals surface area contributed by atoms with Crippen LogP contribution in [0.3, 0.4) is 0 Å². The first-order valence-corrected chi connectivity index (χ1v) is 17.5. The van der Waals surface area contributed by atoms with Crippen LogP contribution >= 0.6 is 12.0 Å². The molecule has 1 heterocycles. The van der Waals surface area contributed by atoms with Gasteiger partial charge in [-0.15, -0.1) is 4.33 Å². The van der Waals surface area contributed by atoms with Crippen molar-refractivity contribution < 1.29 is 37.1 Å². The summed E-state index contributed by atoms with van der Waals surface area (Å²) < 4.78 is 48.2. The number of benzene rings is 1. The van der Waals surface area contributed by atoms with Gasteiger partial charge >= 0.3 is 0 Å². The molecule has 0 spiro atoms. The van der Waals surface area contributed by atoms with E-state index in [0.717, 1.165) is 72.1 Å². The number of ether oxygens (including phenoxy) is 2. The number of rotatable bonds is 16. The highest BCUT2D eigenvalue weighted by Gasteiger charge is 2.38. The van der Waals surface area contributed by atoms with Crippen LogP contribution < -0.4 is 4.72 Å². The summed E-state index contributed by atoms with van der Waals surface area (Å²) in [6.07, 6.45) is 12.9. The lowest BCUT2D eigenvalue weighted by molar-refractivity contribution is -0.519. The van der Waals surface area contributed by atoms with Crippen molar-refractivity contribution in [2.45, 2.75) is 56.9 Å². The van der Waals surface area contributed by atoms with Crippen LogP contribution in [-0.4, -0.2) is 80.9 Å². The maximum atomic E-state index is 13.2. The van der Waals surface area contributed by atoms with E-state index >= 15 is 0 Å². The second kappa shape index (κ2) is 16.0. The molecule has 1 aromatic carbocycles. The molecule has 1 aromatic rings. The molecular weight excluding hydrogens is 603 g/mol. The average molecular weight is 647 g/mol. The first-order valence-electron chi connectivity index (χ1n) is 15.3. The summed E-state index contributed by atoms with van der Waals surface area (Å²) in [5.74, 6) is 0.591. The van der Waals surface area contributed by atoms with Crippen LogP contribution in [0.1, 0.15) is 46.6 Å². The molecule has 0 fully saturated rings. The number of likely N-dealkylation sites (N-methyl/N-ethyl adjacent to an activating group) is 1. The standard InChI is InChI=1S/C32H43N3O7S2/c1-6-34(7-2)23-12-15-26-29(20-23)40-30-21-24(35(8-3)9-4)13-16-27(30)32(26)28-17-14-25(22-31(28)43-42-41-36)44(37,38)33-18-11-19-39-10-5/h12-17,20-22,26,29,33H,6-11,18-19H2,1-5H3/p+1. The Morgan fingerprint density at radius 1 is 1.09 bits per heavy atom. The van der Waals surface area contributed by atoms with Gasteiger partial charge in [0.15, 0.2) is 0 Å². The zero-order chi connectivity index (χ0) is 31.7. The molecule has 12 heteroatoms. The number of sulfonamides is 1. The molecule has 240 valence electrons. The molecule has 3 aliphatic rings. The Kier molecular flexibility index (Phi) is 12.4. The minimum atomic E-state index is -3.82. The van der Waals surface area contributed by atoms with Crippen LogP contribution in [0.15, 0.2) is 81.5 Å². The molecule has 0 aromatic heterocycles. The summed E-state index contributed by atoms with van der Waals surface area (Å²) in [6, 6.07) is 4.92. The van der Waals surface area contributed by atoms with Gasteiger partial charge in [0.2, 0.25) is 15.7 Å². The molecule has 0 saturated carbocycles. The van der Waals surface area contributed by atoms with Crippen LogP contribution in [0.2, 0.25) is 0 Å². The Balaban J connectivity index is 1.82. The number of nitrogens with one attached hydrogen (secondary N) is 1. The number of nitrogens with zero attached hydrogens (tertiary/aromatic N) is 2. The number of fused-ring (bicyclic) bond motifs is 2. The smallest absolute Gasteiger partial charge is 0.240 e. The highest BCUT2D eigenvalue weighted by atomic mass is 32.2. The molecule has 44 heavy (non-hydrogen) atoms. The Hall–Kier alpha value is -2.71. The fourth-order valence-electron chi connectivity index (χ4n) is 5.70. The van der Waals surface area contributed by atoms with Gasteiger partial charge in [0.25, 0.3) is 0 Å². The van der Waals surface area contributed by atoms with E-state index in [2.05, 4.69) is 83.4 Å². The maximum absolute atomic E-state index is 13.2. The summed E-state index contributed by atoms with van der Waals surface area (Å²) in [6.45, 7) is 15.2. The fraction of sp³-hybridized carbons (Fsp3) is 0.469. The molecule has 4 rings (SSSR count). The van der Waals surface area contributed by atoms with Crippen molar-refractivity contribution in [1.82, 2.24) is 9.62 Å². The Bertz CT molecular complexity index is 1470. The summed E-state index contributed by atoms with van der Waals surface area (Å²) in [4.78, 5) is 2.83. The normalized spacial score (nSPS) is 19.3. The predicted molar refractivity (Wildman–Crippen MR) is 172 cm³/mol. The second-order valence-corrected chi connectivity index (χ2v) is 12.8. The lowest BCUT2D eigenvalue weighted by Crippen LogP contribution is -2.34. The molecule has 0 amide bonds. The van der Waals surface area contributed by atoms with E-state index < -0.39 is 10.0 Å². The fourth-order valence-corrected chi connectivity index (χ4v) is 7.42. The largest absolute Gasteiger partial charge is 0.484 e. The van der Waals surface area contributed by atoms with E-state index in [1.165, 1.54) is 6.07 Å². The monoisotopic (exact) mass is 646 g/mol. The van der Waals surface area contributed by atoms with Gasteiger partial charge in [-0.3, -0.25) is 0 Å². The van der Waals surface area contributed by atoms with E-state index in [-0.39, 0.29) is 23.5 Å². The predicted octanol–water partition coefficient (Wildman–Crippen LogP) is 5.33. The third-order valence-electron chi connectivity index (χ3n) is 7.94. The minimum Gasteiger partial charge on any atom is -0.484 e. The van der Waals surface area contributed by atoms with Gasteiger partial charge in [-0.25, -0.2) is 23.0 Å². The Morgan fingerprint density at radius 3 is 2.55 bits per heavy atom. The van der Waals surface area contributed by atoms with Crippen LogP contribution in [0.4, 0.5) is 0 Å².